The maximum atomic E-state index is 16.2. The molecule has 50 heavy (non-hydrogen) atoms. The van der Waals surface area contributed by atoms with Gasteiger partial charge in [0.15, 0.2) is 0 Å². The van der Waals surface area contributed by atoms with Crippen LogP contribution in [0.3, 0.4) is 0 Å². The van der Waals surface area contributed by atoms with Gasteiger partial charge >= 0.3 is 0 Å². The number of amides is 2. The fourth-order valence-electron chi connectivity index (χ4n) is 9.78. The molecule has 3 saturated heterocycles. The number of alkyl halides is 2. The van der Waals surface area contributed by atoms with Crippen molar-refractivity contribution in [2.75, 3.05) is 52.4 Å². The Bertz CT molecular complexity index is 1100. The minimum atomic E-state index is -1.20. The summed E-state index contributed by atoms with van der Waals surface area (Å²) in [6, 6.07) is -1.64. The number of nitrogens with one attached hydrogen (secondary N) is 3. The zero-order valence-corrected chi connectivity index (χ0v) is 31.0. The summed E-state index contributed by atoms with van der Waals surface area (Å²) < 4.78 is 31.2. The lowest BCUT2D eigenvalue weighted by atomic mass is 9.67. The van der Waals surface area contributed by atoms with Crippen LogP contribution in [0, 0.1) is 11.3 Å². The molecule has 4 aliphatic heterocycles. The number of nitrogens with two attached hydrogens (primary N) is 2. The van der Waals surface area contributed by atoms with Crippen molar-refractivity contribution >= 4 is 11.8 Å². The van der Waals surface area contributed by atoms with E-state index in [1.807, 2.05) is 4.90 Å². The van der Waals surface area contributed by atoms with Gasteiger partial charge in [-0.2, -0.15) is 0 Å². The summed E-state index contributed by atoms with van der Waals surface area (Å²) in [5.41, 5.74) is 12.6. The quantitative estimate of drug-likeness (QED) is 0.119. The Hall–Kier alpha value is -1.70. The number of unbranched alkanes of at least 4 members (excludes halogenated alkanes) is 3. The van der Waals surface area contributed by atoms with Crippen molar-refractivity contribution in [1.82, 2.24) is 30.7 Å². The first-order valence-electron chi connectivity index (χ1n) is 20.2. The van der Waals surface area contributed by atoms with Crippen LogP contribution in [0.2, 0.25) is 0 Å². The largest absolute Gasteiger partial charge is 0.350 e. The molecule has 12 heteroatoms. The highest BCUT2D eigenvalue weighted by atomic mass is 19.1. The Kier molecular flexibility index (Phi) is 14.9. The van der Waals surface area contributed by atoms with Gasteiger partial charge in [0.25, 0.3) is 0 Å². The van der Waals surface area contributed by atoms with Gasteiger partial charge in [0, 0.05) is 51.4 Å². The van der Waals surface area contributed by atoms with Gasteiger partial charge in [-0.25, -0.2) is 8.78 Å². The van der Waals surface area contributed by atoms with Gasteiger partial charge < -0.3 is 32.3 Å². The average molecular weight is 707 g/mol. The minimum Gasteiger partial charge on any atom is -0.350 e. The van der Waals surface area contributed by atoms with Crippen LogP contribution in [-0.4, -0.2) is 128 Å². The smallest absolute Gasteiger partial charge is 0.240 e. The van der Waals surface area contributed by atoms with E-state index in [1.165, 1.54) is 0 Å². The Balaban J connectivity index is 1.33. The SMILES string of the molecule is CCCCCCC1NCC(F)C(N2CCN(C(=O)C3CCCCN3CC)CC2)C1NC(=O)C(C(N)N)C1CC2(C=CC(F)CN1)CCCCC2. The van der Waals surface area contributed by atoms with Gasteiger partial charge in [-0.15, -0.1) is 0 Å². The standard InChI is InChI=1S/C38H68F2N8O2/c1-3-5-6-8-13-29-33(45-36(49)32(35(41)42)30-24-38(16-10-7-11-17-38)18-15-27(39)25-43-30)34(28(40)26-44-29)47-20-22-48(23-21-47)37(50)31-14-9-12-19-46(31)4-2/h15,18,27-35,43-44H,3-14,16-17,19-26,41-42H2,1-2H3,(H,45,49). The van der Waals surface area contributed by atoms with E-state index in [1.54, 1.807) is 6.08 Å². The second-order valence-electron chi connectivity index (χ2n) is 16.0. The highest BCUT2D eigenvalue weighted by molar-refractivity contribution is 5.82. The maximum Gasteiger partial charge on any atom is 0.240 e. The highest BCUT2D eigenvalue weighted by Crippen LogP contribution is 2.43. The van der Waals surface area contributed by atoms with Crippen LogP contribution in [0.15, 0.2) is 12.2 Å². The molecular formula is C38H68F2N8O2. The van der Waals surface area contributed by atoms with Gasteiger partial charge in [-0.05, 0) is 57.0 Å². The Morgan fingerprint density at radius 2 is 1.70 bits per heavy atom. The Labute approximate surface area is 300 Å². The third-order valence-corrected chi connectivity index (χ3v) is 12.6. The van der Waals surface area contributed by atoms with E-state index in [0.717, 1.165) is 96.6 Å². The first-order chi connectivity index (χ1) is 24.2. The molecule has 1 aliphatic carbocycles. The van der Waals surface area contributed by atoms with Crippen molar-refractivity contribution in [3.8, 4) is 0 Å². The molecule has 0 bridgehead atoms. The van der Waals surface area contributed by atoms with Crippen molar-refractivity contribution in [2.24, 2.45) is 22.8 Å². The predicted octanol–water partition coefficient (Wildman–Crippen LogP) is 3.21. The van der Waals surface area contributed by atoms with Crippen LogP contribution in [0.4, 0.5) is 8.78 Å². The Morgan fingerprint density at radius 1 is 0.940 bits per heavy atom. The average Bonchev–Trinajstić information content (AvgIpc) is 3.12. The number of carbonyl (C=O) groups is 2. The normalized spacial score (nSPS) is 33.6. The molecule has 0 aromatic carbocycles. The van der Waals surface area contributed by atoms with Crippen LogP contribution in [0.5, 0.6) is 0 Å². The first-order valence-corrected chi connectivity index (χ1v) is 20.2. The summed E-state index contributed by atoms with van der Waals surface area (Å²) in [5.74, 6) is -0.904. The molecule has 8 unspecified atom stereocenters. The summed E-state index contributed by atoms with van der Waals surface area (Å²) >= 11 is 0. The number of halogens is 2. The number of rotatable bonds is 12. The molecule has 0 aromatic heterocycles. The number of hydrogen-bond acceptors (Lipinski definition) is 8. The van der Waals surface area contributed by atoms with E-state index in [9.17, 15) is 14.0 Å². The molecule has 4 heterocycles. The van der Waals surface area contributed by atoms with Crippen LogP contribution in [0.1, 0.15) is 104 Å². The molecule has 8 atom stereocenters. The number of likely N-dealkylation sites (tertiary alicyclic amines) is 1. The summed E-state index contributed by atoms with van der Waals surface area (Å²) in [4.78, 5) is 34.6. The molecule has 286 valence electrons. The third kappa shape index (κ3) is 9.83. The van der Waals surface area contributed by atoms with Gasteiger partial charge in [0.05, 0.1) is 30.2 Å². The number of piperidine rings is 2. The van der Waals surface area contributed by atoms with Crippen LogP contribution in [-0.2, 0) is 9.59 Å². The first kappa shape index (κ1) is 39.5. The number of hydrogen-bond donors (Lipinski definition) is 5. The molecule has 5 aliphatic rings. The molecule has 2 amide bonds. The highest BCUT2D eigenvalue weighted by Gasteiger charge is 2.47. The third-order valence-electron chi connectivity index (χ3n) is 12.6. The topological polar surface area (TPSA) is 132 Å². The molecule has 0 radical (unpaired) electrons. The lowest BCUT2D eigenvalue weighted by Gasteiger charge is -2.50. The van der Waals surface area contributed by atoms with E-state index >= 15 is 4.39 Å². The van der Waals surface area contributed by atoms with Crippen molar-refractivity contribution in [2.45, 2.75) is 152 Å². The van der Waals surface area contributed by atoms with Crippen molar-refractivity contribution in [1.29, 1.82) is 0 Å². The van der Waals surface area contributed by atoms with Crippen molar-refractivity contribution < 1.29 is 18.4 Å². The van der Waals surface area contributed by atoms with Crippen LogP contribution in [0.25, 0.3) is 0 Å². The van der Waals surface area contributed by atoms with E-state index < -0.39 is 42.6 Å². The number of piperazine rings is 1. The molecule has 0 aromatic rings. The molecular weight excluding hydrogens is 638 g/mol. The molecule has 1 spiro atoms. The summed E-state index contributed by atoms with van der Waals surface area (Å²) in [6.07, 6.45) is 14.5. The van der Waals surface area contributed by atoms with E-state index in [4.69, 9.17) is 11.5 Å². The van der Waals surface area contributed by atoms with Gasteiger partial charge in [-0.1, -0.05) is 77.4 Å². The number of allylic oxidation sites excluding steroid dienone is 1. The van der Waals surface area contributed by atoms with Crippen LogP contribution < -0.4 is 27.4 Å². The second kappa shape index (κ2) is 18.9. The lowest BCUT2D eigenvalue weighted by molar-refractivity contribution is -0.141. The summed E-state index contributed by atoms with van der Waals surface area (Å²) in [5, 5.41) is 10.1. The van der Waals surface area contributed by atoms with E-state index in [-0.39, 0.29) is 42.4 Å². The predicted molar refractivity (Wildman–Crippen MR) is 196 cm³/mol. The minimum absolute atomic E-state index is 0.0668. The van der Waals surface area contributed by atoms with Gasteiger partial charge in [-0.3, -0.25) is 19.4 Å². The fourth-order valence-corrected chi connectivity index (χ4v) is 9.78. The Morgan fingerprint density at radius 3 is 2.40 bits per heavy atom. The number of carbonyl (C=O) groups excluding carboxylic acids is 2. The molecule has 10 nitrogen and oxygen atoms in total. The van der Waals surface area contributed by atoms with Gasteiger partial charge in [0.1, 0.15) is 12.3 Å². The fraction of sp³-hybridized carbons (Fsp3) is 0.895. The van der Waals surface area contributed by atoms with Crippen molar-refractivity contribution in [3.05, 3.63) is 12.2 Å². The molecule has 5 rings (SSSR count). The van der Waals surface area contributed by atoms with Crippen molar-refractivity contribution in [3.63, 3.8) is 0 Å². The molecule has 7 N–H and O–H groups in total. The van der Waals surface area contributed by atoms with E-state index in [2.05, 4.69) is 45.7 Å². The second-order valence-corrected chi connectivity index (χ2v) is 16.0. The zero-order chi connectivity index (χ0) is 35.7. The number of likely N-dealkylation sites (N-methyl/N-ethyl adjacent to an activating group) is 1. The maximum absolute atomic E-state index is 16.2. The number of nitrogens with zero attached hydrogens (tertiary/aromatic N) is 3. The monoisotopic (exact) mass is 707 g/mol. The summed E-state index contributed by atoms with van der Waals surface area (Å²) in [7, 11) is 0. The lowest BCUT2D eigenvalue weighted by Crippen LogP contribution is -2.72. The van der Waals surface area contributed by atoms with E-state index in [0.29, 0.717) is 32.6 Å². The molecule has 1 saturated carbocycles. The van der Waals surface area contributed by atoms with Crippen LogP contribution >= 0.6 is 0 Å². The molecule has 4 fully saturated rings. The van der Waals surface area contributed by atoms with Gasteiger partial charge in [0.2, 0.25) is 11.8 Å². The zero-order valence-electron chi connectivity index (χ0n) is 31.0. The summed E-state index contributed by atoms with van der Waals surface area (Å²) in [6.45, 7) is 8.65.